The molecule has 0 N–H and O–H groups in total. The molecule has 27 heavy (non-hydrogen) atoms. The molecule has 0 aromatic heterocycles. The fraction of sp³-hybridized carbons (Fsp3) is 0.333. The summed E-state index contributed by atoms with van der Waals surface area (Å²) in [5.74, 6) is 0.0847. The first-order chi connectivity index (χ1) is 12.9. The minimum absolute atomic E-state index is 0.278. The maximum Gasteiger partial charge on any atom is 0.344 e. The van der Waals surface area contributed by atoms with Gasteiger partial charge in [0.15, 0.2) is 24.2 Å². The van der Waals surface area contributed by atoms with Crippen LogP contribution >= 0.6 is 0 Å². The van der Waals surface area contributed by atoms with Crippen molar-refractivity contribution < 1.29 is 23.8 Å². The van der Waals surface area contributed by atoms with Gasteiger partial charge in [-0.25, -0.2) is 4.79 Å². The van der Waals surface area contributed by atoms with Crippen LogP contribution in [0.2, 0.25) is 0 Å². The van der Waals surface area contributed by atoms with E-state index in [-0.39, 0.29) is 12.5 Å². The molecule has 1 unspecified atom stereocenters. The average molecular weight is 371 g/mol. The van der Waals surface area contributed by atoms with Gasteiger partial charge in [0, 0.05) is 13.6 Å². The maximum absolute atomic E-state index is 12.4. The van der Waals surface area contributed by atoms with Crippen LogP contribution in [0.4, 0.5) is 0 Å². The predicted octanol–water partition coefficient (Wildman–Crippen LogP) is 2.97. The molecule has 6 nitrogen and oxygen atoms in total. The molecule has 6 heteroatoms. The first kappa shape index (κ1) is 20.3. The molecule has 0 bridgehead atoms. The predicted molar refractivity (Wildman–Crippen MR) is 102 cm³/mol. The molecule has 2 rings (SSSR count). The molecule has 1 amide bonds. The van der Waals surface area contributed by atoms with Crippen molar-refractivity contribution in [2.75, 3.05) is 20.8 Å². The van der Waals surface area contributed by atoms with E-state index in [1.54, 1.807) is 20.0 Å². The molecule has 0 saturated heterocycles. The first-order valence-corrected chi connectivity index (χ1v) is 8.66. The highest BCUT2D eigenvalue weighted by atomic mass is 16.6. The molecule has 0 aliphatic carbocycles. The van der Waals surface area contributed by atoms with Crippen LogP contribution in [0.1, 0.15) is 18.1 Å². The standard InChI is InChI=1S/C21H25NO5/c1-15-10-11-18(19(12-15)25-4)26-14-20(23)27-16(2)21(24)22(3)13-17-8-6-5-7-9-17/h5-12,16H,13-14H2,1-4H3. The van der Waals surface area contributed by atoms with Crippen molar-refractivity contribution in [1.29, 1.82) is 0 Å². The minimum Gasteiger partial charge on any atom is -0.493 e. The number of nitrogens with zero attached hydrogens (tertiary/aromatic N) is 1. The van der Waals surface area contributed by atoms with E-state index in [0.29, 0.717) is 18.0 Å². The quantitative estimate of drug-likeness (QED) is 0.668. The second-order valence-electron chi connectivity index (χ2n) is 6.25. The lowest BCUT2D eigenvalue weighted by molar-refractivity contribution is -0.160. The van der Waals surface area contributed by atoms with Crippen molar-refractivity contribution in [2.24, 2.45) is 0 Å². The average Bonchev–Trinajstić information content (AvgIpc) is 2.66. The van der Waals surface area contributed by atoms with Crippen LogP contribution in [-0.4, -0.2) is 43.6 Å². The van der Waals surface area contributed by atoms with Gasteiger partial charge in [0.1, 0.15) is 0 Å². The molecule has 0 radical (unpaired) electrons. The molecule has 0 spiro atoms. The SMILES string of the molecule is COc1cc(C)ccc1OCC(=O)OC(C)C(=O)N(C)Cc1ccccc1. The number of methoxy groups -OCH3 is 1. The van der Waals surface area contributed by atoms with Crippen LogP contribution in [-0.2, 0) is 20.9 Å². The van der Waals surface area contributed by atoms with E-state index in [2.05, 4.69) is 0 Å². The number of hydrogen-bond donors (Lipinski definition) is 0. The summed E-state index contributed by atoms with van der Waals surface area (Å²) >= 11 is 0. The number of carbonyl (C=O) groups is 2. The van der Waals surface area contributed by atoms with Gasteiger partial charge in [-0.1, -0.05) is 36.4 Å². The van der Waals surface area contributed by atoms with E-state index in [0.717, 1.165) is 11.1 Å². The van der Waals surface area contributed by atoms with Gasteiger partial charge >= 0.3 is 5.97 Å². The fourth-order valence-corrected chi connectivity index (χ4v) is 2.56. The maximum atomic E-state index is 12.4. The van der Waals surface area contributed by atoms with Gasteiger partial charge in [0.25, 0.3) is 5.91 Å². The second-order valence-corrected chi connectivity index (χ2v) is 6.25. The highest BCUT2D eigenvalue weighted by Crippen LogP contribution is 2.27. The van der Waals surface area contributed by atoms with Crippen LogP contribution < -0.4 is 9.47 Å². The Balaban J connectivity index is 1.85. The molecule has 1 atom stereocenters. The number of likely N-dealkylation sites (N-methyl/N-ethyl adjacent to an activating group) is 1. The topological polar surface area (TPSA) is 65.1 Å². The zero-order chi connectivity index (χ0) is 19.8. The Morgan fingerprint density at radius 2 is 1.78 bits per heavy atom. The highest BCUT2D eigenvalue weighted by molar-refractivity contribution is 5.83. The van der Waals surface area contributed by atoms with E-state index < -0.39 is 12.1 Å². The molecule has 0 fully saturated rings. The summed E-state index contributed by atoms with van der Waals surface area (Å²) < 4.78 is 15.9. The molecule has 2 aromatic rings. The summed E-state index contributed by atoms with van der Waals surface area (Å²) in [4.78, 5) is 25.9. The first-order valence-electron chi connectivity index (χ1n) is 8.66. The fourth-order valence-electron chi connectivity index (χ4n) is 2.56. The van der Waals surface area contributed by atoms with Gasteiger partial charge in [-0.15, -0.1) is 0 Å². The summed E-state index contributed by atoms with van der Waals surface area (Å²) in [6.45, 7) is 3.62. The second kappa shape index (κ2) is 9.62. The lowest BCUT2D eigenvalue weighted by Gasteiger charge is -2.21. The lowest BCUT2D eigenvalue weighted by Crippen LogP contribution is -2.37. The lowest BCUT2D eigenvalue weighted by atomic mass is 10.2. The van der Waals surface area contributed by atoms with E-state index in [1.807, 2.05) is 49.4 Å². The Morgan fingerprint density at radius 1 is 1.07 bits per heavy atom. The zero-order valence-electron chi connectivity index (χ0n) is 16.1. The van der Waals surface area contributed by atoms with Gasteiger partial charge in [-0.05, 0) is 37.1 Å². The summed E-state index contributed by atoms with van der Waals surface area (Å²) in [5.41, 5.74) is 2.02. The van der Waals surface area contributed by atoms with E-state index in [4.69, 9.17) is 14.2 Å². The van der Waals surface area contributed by atoms with Crippen LogP contribution in [0.25, 0.3) is 0 Å². The molecule has 0 saturated carbocycles. The number of hydrogen-bond acceptors (Lipinski definition) is 5. The van der Waals surface area contributed by atoms with Crippen molar-refractivity contribution >= 4 is 11.9 Å². The van der Waals surface area contributed by atoms with Gasteiger partial charge in [0.2, 0.25) is 0 Å². The number of carbonyl (C=O) groups excluding carboxylic acids is 2. The van der Waals surface area contributed by atoms with Crippen molar-refractivity contribution in [3.8, 4) is 11.5 Å². The van der Waals surface area contributed by atoms with Crippen LogP contribution in [0.5, 0.6) is 11.5 Å². The molecular formula is C21H25NO5. The number of aryl methyl sites for hydroxylation is 1. The third-order valence-corrected chi connectivity index (χ3v) is 3.96. The summed E-state index contributed by atoms with van der Waals surface area (Å²) in [6, 6.07) is 15.0. The Bertz CT molecular complexity index is 775. The van der Waals surface area contributed by atoms with Crippen LogP contribution in [0.15, 0.2) is 48.5 Å². The zero-order valence-corrected chi connectivity index (χ0v) is 16.1. The van der Waals surface area contributed by atoms with Crippen LogP contribution in [0, 0.1) is 6.92 Å². The third-order valence-electron chi connectivity index (χ3n) is 3.96. The summed E-state index contributed by atoms with van der Waals surface area (Å²) in [5, 5.41) is 0. The Morgan fingerprint density at radius 3 is 2.44 bits per heavy atom. The molecule has 144 valence electrons. The monoisotopic (exact) mass is 371 g/mol. The Hall–Kier alpha value is -3.02. The van der Waals surface area contributed by atoms with Crippen molar-refractivity contribution in [3.63, 3.8) is 0 Å². The van der Waals surface area contributed by atoms with E-state index in [1.165, 1.54) is 12.0 Å². The number of amides is 1. The van der Waals surface area contributed by atoms with Gasteiger partial charge < -0.3 is 19.1 Å². The molecule has 0 aliphatic heterocycles. The molecular weight excluding hydrogens is 346 g/mol. The van der Waals surface area contributed by atoms with E-state index >= 15 is 0 Å². The van der Waals surface area contributed by atoms with E-state index in [9.17, 15) is 9.59 Å². The highest BCUT2D eigenvalue weighted by Gasteiger charge is 2.22. The van der Waals surface area contributed by atoms with Gasteiger partial charge in [0.05, 0.1) is 7.11 Å². The Kier molecular flexibility index (Phi) is 7.23. The molecule has 2 aromatic carbocycles. The number of benzene rings is 2. The smallest absolute Gasteiger partial charge is 0.344 e. The summed E-state index contributed by atoms with van der Waals surface area (Å²) in [7, 11) is 3.20. The van der Waals surface area contributed by atoms with Gasteiger partial charge in [-0.3, -0.25) is 4.79 Å². The van der Waals surface area contributed by atoms with Crippen molar-refractivity contribution in [3.05, 3.63) is 59.7 Å². The Labute approximate surface area is 159 Å². The van der Waals surface area contributed by atoms with Crippen molar-refractivity contribution in [1.82, 2.24) is 4.90 Å². The minimum atomic E-state index is -0.894. The molecule has 0 heterocycles. The largest absolute Gasteiger partial charge is 0.493 e. The van der Waals surface area contributed by atoms with Crippen LogP contribution in [0.3, 0.4) is 0 Å². The summed E-state index contributed by atoms with van der Waals surface area (Å²) in [6.07, 6.45) is -0.894. The molecule has 0 aliphatic rings. The van der Waals surface area contributed by atoms with Gasteiger partial charge in [-0.2, -0.15) is 0 Å². The van der Waals surface area contributed by atoms with Crippen molar-refractivity contribution in [2.45, 2.75) is 26.5 Å². The normalized spacial score (nSPS) is 11.4. The number of ether oxygens (including phenoxy) is 3. The third kappa shape index (κ3) is 6.02. The number of rotatable bonds is 8. The number of esters is 1.